The van der Waals surface area contributed by atoms with Gasteiger partial charge in [0.05, 0.1) is 11.3 Å². The summed E-state index contributed by atoms with van der Waals surface area (Å²) in [5.41, 5.74) is 0.0345. The third-order valence-corrected chi connectivity index (χ3v) is 5.44. The second-order valence-corrected chi connectivity index (χ2v) is 7.87. The molecule has 0 bridgehead atoms. The summed E-state index contributed by atoms with van der Waals surface area (Å²) in [6, 6.07) is 13.4. The van der Waals surface area contributed by atoms with Gasteiger partial charge in [0.25, 0.3) is 5.91 Å². The molecule has 0 N–H and O–H groups in total. The molecule has 3 aromatic rings. The van der Waals surface area contributed by atoms with Gasteiger partial charge < -0.3 is 14.5 Å². The average molecular weight is 477 g/mol. The zero-order valence-corrected chi connectivity index (χ0v) is 18.2. The van der Waals surface area contributed by atoms with Crippen molar-refractivity contribution in [2.75, 3.05) is 37.7 Å². The summed E-state index contributed by atoms with van der Waals surface area (Å²) in [5.74, 6) is 0.787. The van der Waals surface area contributed by atoms with Crippen molar-refractivity contribution in [2.45, 2.75) is 6.18 Å². The van der Waals surface area contributed by atoms with Crippen LogP contribution in [0, 0.1) is 0 Å². The highest BCUT2D eigenvalue weighted by Crippen LogP contribution is 2.32. The van der Waals surface area contributed by atoms with E-state index in [1.807, 2.05) is 4.90 Å². The Bertz CT molecular complexity index is 1130. The second-order valence-electron chi connectivity index (χ2n) is 7.43. The number of hydrogen-bond acceptors (Lipinski definition) is 5. The van der Waals surface area contributed by atoms with Gasteiger partial charge in [0, 0.05) is 43.0 Å². The van der Waals surface area contributed by atoms with Crippen molar-refractivity contribution >= 4 is 23.5 Å². The van der Waals surface area contributed by atoms with Gasteiger partial charge in [0.15, 0.2) is 6.61 Å². The topological polar surface area (TPSA) is 58.6 Å². The number of halogens is 4. The maximum atomic E-state index is 13.0. The molecule has 0 saturated carbocycles. The standard InChI is InChI=1S/C23H20ClF3N4O2/c24-18-5-2-6-19(14-18)33-15-21(32)30-9-11-31(12-10-30)22-28-8-7-20(29-22)16-3-1-4-17(13-16)23(25,26)27/h1-8,13-14H,9-12,15H2. The molecular formula is C23H20ClF3N4O2. The Kier molecular flexibility index (Phi) is 6.69. The normalized spacial score (nSPS) is 14.3. The SMILES string of the molecule is O=C(COc1cccc(Cl)c1)N1CCN(c2nccc(-c3cccc(C(F)(F)F)c3)n2)CC1. The Hall–Kier alpha value is -3.33. The first-order valence-corrected chi connectivity index (χ1v) is 10.6. The number of anilines is 1. The molecule has 6 nitrogen and oxygen atoms in total. The Balaban J connectivity index is 1.37. The summed E-state index contributed by atoms with van der Waals surface area (Å²) in [5, 5.41) is 0.529. The summed E-state index contributed by atoms with van der Waals surface area (Å²) in [6.45, 7) is 1.80. The number of benzene rings is 2. The van der Waals surface area contributed by atoms with Crippen molar-refractivity contribution in [3.63, 3.8) is 0 Å². The summed E-state index contributed by atoms with van der Waals surface area (Å²) >= 11 is 5.92. The van der Waals surface area contributed by atoms with Crippen molar-refractivity contribution in [2.24, 2.45) is 0 Å². The predicted molar refractivity (Wildman–Crippen MR) is 118 cm³/mol. The van der Waals surface area contributed by atoms with Gasteiger partial charge in [-0.15, -0.1) is 0 Å². The quantitative estimate of drug-likeness (QED) is 0.541. The van der Waals surface area contributed by atoms with E-state index in [2.05, 4.69) is 9.97 Å². The van der Waals surface area contributed by atoms with Crippen LogP contribution >= 0.6 is 11.6 Å². The molecule has 1 aliphatic rings. The van der Waals surface area contributed by atoms with Gasteiger partial charge in [0.2, 0.25) is 5.95 Å². The van der Waals surface area contributed by atoms with Crippen LogP contribution in [0.2, 0.25) is 5.02 Å². The van der Waals surface area contributed by atoms with Crippen molar-refractivity contribution in [1.82, 2.24) is 14.9 Å². The molecule has 1 fully saturated rings. The molecule has 1 saturated heterocycles. The van der Waals surface area contributed by atoms with Gasteiger partial charge in [-0.3, -0.25) is 4.79 Å². The van der Waals surface area contributed by atoms with Crippen LogP contribution in [0.5, 0.6) is 5.75 Å². The summed E-state index contributed by atoms with van der Waals surface area (Å²) in [6.07, 6.45) is -2.90. The highest BCUT2D eigenvalue weighted by Gasteiger charge is 2.30. The third kappa shape index (κ3) is 5.73. The Morgan fingerprint density at radius 3 is 2.52 bits per heavy atom. The van der Waals surface area contributed by atoms with Crippen LogP contribution in [0.1, 0.15) is 5.56 Å². The number of rotatable bonds is 5. The van der Waals surface area contributed by atoms with Gasteiger partial charge >= 0.3 is 6.18 Å². The zero-order valence-electron chi connectivity index (χ0n) is 17.4. The lowest BCUT2D eigenvalue weighted by Crippen LogP contribution is -2.50. The van der Waals surface area contributed by atoms with E-state index in [0.29, 0.717) is 54.2 Å². The van der Waals surface area contributed by atoms with Crippen LogP contribution in [-0.2, 0) is 11.0 Å². The highest BCUT2D eigenvalue weighted by molar-refractivity contribution is 6.30. The number of nitrogens with zero attached hydrogens (tertiary/aromatic N) is 4. The molecule has 0 radical (unpaired) electrons. The van der Waals surface area contributed by atoms with Gasteiger partial charge in [-0.2, -0.15) is 13.2 Å². The minimum Gasteiger partial charge on any atom is -0.484 e. The largest absolute Gasteiger partial charge is 0.484 e. The van der Waals surface area contributed by atoms with Crippen LogP contribution in [0.3, 0.4) is 0 Å². The van der Waals surface area contributed by atoms with Crippen LogP contribution < -0.4 is 9.64 Å². The number of carbonyl (C=O) groups is 1. The summed E-state index contributed by atoms with van der Waals surface area (Å²) in [4.78, 5) is 24.8. The molecule has 1 aromatic heterocycles. The molecule has 172 valence electrons. The fourth-order valence-electron chi connectivity index (χ4n) is 3.47. The maximum absolute atomic E-state index is 13.0. The first-order valence-electron chi connectivity index (χ1n) is 10.2. The highest BCUT2D eigenvalue weighted by atomic mass is 35.5. The van der Waals surface area contributed by atoms with Crippen LogP contribution in [0.25, 0.3) is 11.3 Å². The van der Waals surface area contributed by atoms with E-state index < -0.39 is 11.7 Å². The minimum absolute atomic E-state index is 0.0954. The first-order chi connectivity index (χ1) is 15.8. The van der Waals surface area contributed by atoms with E-state index >= 15 is 0 Å². The van der Waals surface area contributed by atoms with Crippen LogP contribution in [0.4, 0.5) is 19.1 Å². The number of carbonyl (C=O) groups excluding carboxylic acids is 1. The zero-order chi connectivity index (χ0) is 23.4. The van der Waals surface area contributed by atoms with Gasteiger partial charge in [-0.1, -0.05) is 29.8 Å². The Labute approximate surface area is 193 Å². The molecule has 0 aliphatic carbocycles. The van der Waals surface area contributed by atoms with Crippen LogP contribution in [-0.4, -0.2) is 53.6 Å². The van der Waals surface area contributed by atoms with Crippen LogP contribution in [0.15, 0.2) is 60.8 Å². The molecule has 1 amide bonds. The predicted octanol–water partition coefficient (Wildman–Crippen LogP) is 4.54. The minimum atomic E-state index is -4.43. The molecule has 33 heavy (non-hydrogen) atoms. The molecule has 4 rings (SSSR count). The lowest BCUT2D eigenvalue weighted by atomic mass is 10.1. The van der Waals surface area contributed by atoms with E-state index in [9.17, 15) is 18.0 Å². The molecule has 10 heteroatoms. The third-order valence-electron chi connectivity index (χ3n) is 5.20. The number of ether oxygens (including phenoxy) is 1. The fourth-order valence-corrected chi connectivity index (χ4v) is 3.65. The monoisotopic (exact) mass is 476 g/mol. The molecular weight excluding hydrogens is 457 g/mol. The fraction of sp³-hybridized carbons (Fsp3) is 0.261. The van der Waals surface area contributed by atoms with Crippen molar-refractivity contribution in [1.29, 1.82) is 0 Å². The van der Waals surface area contributed by atoms with Crippen molar-refractivity contribution in [3.8, 4) is 17.0 Å². The first kappa shape index (κ1) is 22.8. The van der Waals surface area contributed by atoms with Gasteiger partial charge in [-0.05, 0) is 36.4 Å². The molecule has 2 heterocycles. The number of aromatic nitrogens is 2. The molecule has 0 spiro atoms. The van der Waals surface area contributed by atoms with E-state index in [4.69, 9.17) is 16.3 Å². The van der Waals surface area contributed by atoms with E-state index in [-0.39, 0.29) is 12.5 Å². The van der Waals surface area contributed by atoms with Crippen molar-refractivity contribution < 1.29 is 22.7 Å². The van der Waals surface area contributed by atoms with E-state index in [1.165, 1.54) is 12.3 Å². The molecule has 0 atom stereocenters. The average Bonchev–Trinajstić information content (AvgIpc) is 2.82. The summed E-state index contributed by atoms with van der Waals surface area (Å²) in [7, 11) is 0. The molecule has 2 aromatic carbocycles. The number of piperazine rings is 1. The smallest absolute Gasteiger partial charge is 0.416 e. The van der Waals surface area contributed by atoms with Crippen molar-refractivity contribution in [3.05, 3.63) is 71.4 Å². The number of alkyl halides is 3. The van der Waals surface area contributed by atoms with Gasteiger partial charge in [0.1, 0.15) is 5.75 Å². The Morgan fingerprint density at radius 1 is 1.03 bits per heavy atom. The van der Waals surface area contributed by atoms with Gasteiger partial charge in [-0.25, -0.2) is 9.97 Å². The number of amides is 1. The summed E-state index contributed by atoms with van der Waals surface area (Å²) < 4.78 is 44.6. The lowest BCUT2D eigenvalue weighted by Gasteiger charge is -2.34. The lowest BCUT2D eigenvalue weighted by molar-refractivity contribution is -0.137. The maximum Gasteiger partial charge on any atom is 0.416 e. The molecule has 1 aliphatic heterocycles. The number of hydrogen-bond donors (Lipinski definition) is 0. The Morgan fingerprint density at radius 2 is 1.79 bits per heavy atom. The molecule has 0 unspecified atom stereocenters. The van der Waals surface area contributed by atoms with E-state index in [1.54, 1.807) is 41.3 Å². The second kappa shape index (κ2) is 9.66. The van der Waals surface area contributed by atoms with E-state index in [0.717, 1.165) is 12.1 Å².